The Morgan fingerprint density at radius 1 is 0.957 bits per heavy atom. The van der Waals surface area contributed by atoms with Crippen molar-refractivity contribution in [1.29, 1.82) is 0 Å². The van der Waals surface area contributed by atoms with Crippen molar-refractivity contribution in [3.05, 3.63) is 71.3 Å². The molecule has 0 heterocycles. The topological polar surface area (TPSA) is 47.9 Å². The maximum absolute atomic E-state index is 9.06. The van der Waals surface area contributed by atoms with Crippen molar-refractivity contribution in [2.24, 2.45) is 4.99 Å². The van der Waals surface area contributed by atoms with Gasteiger partial charge in [-0.3, -0.25) is 0 Å². The van der Waals surface area contributed by atoms with Crippen LogP contribution >= 0.6 is 0 Å². The maximum atomic E-state index is 9.06. The van der Waals surface area contributed by atoms with Gasteiger partial charge in [-0.25, -0.2) is 4.99 Å². The molecule has 0 saturated heterocycles. The van der Waals surface area contributed by atoms with Crippen molar-refractivity contribution < 1.29 is 5.11 Å². The van der Waals surface area contributed by atoms with Gasteiger partial charge in [0.2, 0.25) is 0 Å². The molecule has 0 radical (unpaired) electrons. The Morgan fingerprint density at radius 3 is 2.22 bits per heavy atom. The fourth-order valence-electron chi connectivity index (χ4n) is 2.24. The summed E-state index contributed by atoms with van der Waals surface area (Å²) in [5, 5.41) is 12.5. The van der Waals surface area contributed by atoms with Gasteiger partial charge in [0.15, 0.2) is 5.96 Å². The Labute approximate surface area is 138 Å². The van der Waals surface area contributed by atoms with E-state index in [9.17, 15) is 0 Å². The molecule has 0 spiro atoms. The molecule has 0 unspecified atom stereocenters. The number of hydrogen-bond acceptors (Lipinski definition) is 2. The highest BCUT2D eigenvalue weighted by atomic mass is 16.3. The van der Waals surface area contributed by atoms with E-state index in [-0.39, 0.29) is 6.61 Å². The summed E-state index contributed by atoms with van der Waals surface area (Å²) in [6.07, 6.45) is 0.921. The van der Waals surface area contributed by atoms with Gasteiger partial charge in [-0.15, -0.1) is 0 Å². The smallest absolute Gasteiger partial charge is 0.193 e. The van der Waals surface area contributed by atoms with E-state index in [0.29, 0.717) is 6.54 Å². The zero-order chi connectivity index (χ0) is 16.5. The highest BCUT2D eigenvalue weighted by molar-refractivity contribution is 5.79. The van der Waals surface area contributed by atoms with Gasteiger partial charge in [-0.05, 0) is 23.1 Å². The largest absolute Gasteiger partial charge is 0.392 e. The number of hydrogen-bond donors (Lipinski definition) is 2. The average molecular weight is 311 g/mol. The molecule has 0 saturated carbocycles. The molecule has 0 aliphatic carbocycles. The van der Waals surface area contributed by atoms with Crippen molar-refractivity contribution in [2.45, 2.75) is 19.6 Å². The van der Waals surface area contributed by atoms with E-state index in [0.717, 1.165) is 24.5 Å². The van der Waals surface area contributed by atoms with Crippen molar-refractivity contribution in [3.8, 4) is 0 Å². The van der Waals surface area contributed by atoms with E-state index in [1.54, 1.807) is 0 Å². The maximum Gasteiger partial charge on any atom is 0.193 e. The second kappa shape index (κ2) is 8.96. The Kier molecular flexibility index (Phi) is 6.63. The Bertz CT molecular complexity index is 606. The van der Waals surface area contributed by atoms with E-state index in [2.05, 4.69) is 34.6 Å². The molecule has 122 valence electrons. The third kappa shape index (κ3) is 5.75. The Morgan fingerprint density at radius 2 is 1.61 bits per heavy atom. The molecule has 0 bridgehead atoms. The summed E-state index contributed by atoms with van der Waals surface area (Å²) in [6.45, 7) is 1.59. The van der Waals surface area contributed by atoms with Gasteiger partial charge in [0, 0.05) is 20.6 Å². The standard InChI is InChI=1S/C19H25N3O/c1-22(2)19(21-14-17-6-4-3-5-7-17)20-13-12-16-8-10-18(15-23)11-9-16/h3-11,23H,12-15H2,1-2H3,(H,20,21). The number of guanidine groups is 1. The van der Waals surface area contributed by atoms with E-state index < -0.39 is 0 Å². The molecule has 2 aromatic carbocycles. The summed E-state index contributed by atoms with van der Waals surface area (Å²) < 4.78 is 0. The minimum Gasteiger partial charge on any atom is -0.392 e. The number of rotatable bonds is 6. The van der Waals surface area contributed by atoms with E-state index in [1.165, 1.54) is 11.1 Å². The SMILES string of the molecule is CN(C)C(=NCc1ccccc1)NCCc1ccc(CO)cc1. The number of nitrogens with zero attached hydrogens (tertiary/aromatic N) is 2. The molecule has 0 atom stereocenters. The predicted octanol–water partition coefficient (Wildman–Crippen LogP) is 2.43. The van der Waals surface area contributed by atoms with Crippen molar-refractivity contribution in [1.82, 2.24) is 10.2 Å². The molecule has 23 heavy (non-hydrogen) atoms. The monoisotopic (exact) mass is 311 g/mol. The first kappa shape index (κ1) is 17.0. The second-order valence-corrected chi connectivity index (χ2v) is 5.67. The van der Waals surface area contributed by atoms with Crippen LogP contribution in [-0.4, -0.2) is 36.6 Å². The minimum atomic E-state index is 0.0927. The number of aliphatic imine (C=N–C) groups is 1. The molecule has 4 nitrogen and oxygen atoms in total. The first-order valence-corrected chi connectivity index (χ1v) is 7.87. The van der Waals surface area contributed by atoms with Crippen LogP contribution in [0.4, 0.5) is 0 Å². The van der Waals surface area contributed by atoms with Gasteiger partial charge < -0.3 is 15.3 Å². The van der Waals surface area contributed by atoms with Gasteiger partial charge in [-0.2, -0.15) is 0 Å². The molecule has 0 aliphatic heterocycles. The molecule has 2 rings (SSSR count). The summed E-state index contributed by atoms with van der Waals surface area (Å²) in [6, 6.07) is 18.3. The van der Waals surface area contributed by atoms with Gasteiger partial charge in [-0.1, -0.05) is 54.6 Å². The highest BCUT2D eigenvalue weighted by Gasteiger charge is 2.02. The number of nitrogens with one attached hydrogen (secondary N) is 1. The van der Waals surface area contributed by atoms with Gasteiger partial charge in [0.05, 0.1) is 13.2 Å². The summed E-state index contributed by atoms with van der Waals surface area (Å²) in [5.41, 5.74) is 3.39. The highest BCUT2D eigenvalue weighted by Crippen LogP contribution is 2.05. The first-order valence-electron chi connectivity index (χ1n) is 7.87. The lowest BCUT2D eigenvalue weighted by atomic mass is 10.1. The van der Waals surface area contributed by atoms with Crippen LogP contribution in [-0.2, 0) is 19.6 Å². The molecule has 0 aliphatic rings. The molecule has 0 aromatic heterocycles. The van der Waals surface area contributed by atoms with Gasteiger partial charge in [0.25, 0.3) is 0 Å². The molecule has 2 N–H and O–H groups in total. The number of aliphatic hydroxyl groups is 1. The van der Waals surface area contributed by atoms with E-state index in [4.69, 9.17) is 5.11 Å². The third-order valence-electron chi connectivity index (χ3n) is 3.58. The number of aliphatic hydroxyl groups excluding tert-OH is 1. The van der Waals surface area contributed by atoms with Gasteiger partial charge in [0.1, 0.15) is 0 Å². The van der Waals surface area contributed by atoms with Crippen LogP contribution in [0.15, 0.2) is 59.6 Å². The molecular weight excluding hydrogens is 286 g/mol. The Balaban J connectivity index is 1.86. The van der Waals surface area contributed by atoms with Crippen LogP contribution < -0.4 is 5.32 Å². The van der Waals surface area contributed by atoms with Crippen molar-refractivity contribution in [2.75, 3.05) is 20.6 Å². The fraction of sp³-hybridized carbons (Fsp3) is 0.316. The molecule has 0 amide bonds. The van der Waals surface area contributed by atoms with Crippen LogP contribution in [0, 0.1) is 0 Å². The summed E-state index contributed by atoms with van der Waals surface area (Å²) in [4.78, 5) is 6.65. The number of benzene rings is 2. The molecule has 2 aromatic rings. The molecular formula is C19H25N3O. The summed E-state index contributed by atoms with van der Waals surface area (Å²) >= 11 is 0. The lowest BCUT2D eigenvalue weighted by Crippen LogP contribution is -2.37. The Hall–Kier alpha value is -2.33. The van der Waals surface area contributed by atoms with Crippen LogP contribution in [0.5, 0.6) is 0 Å². The van der Waals surface area contributed by atoms with Crippen molar-refractivity contribution in [3.63, 3.8) is 0 Å². The molecule has 0 fully saturated rings. The lowest BCUT2D eigenvalue weighted by molar-refractivity contribution is 0.282. The fourth-order valence-corrected chi connectivity index (χ4v) is 2.24. The third-order valence-corrected chi connectivity index (χ3v) is 3.58. The van der Waals surface area contributed by atoms with Crippen LogP contribution in [0.1, 0.15) is 16.7 Å². The second-order valence-electron chi connectivity index (χ2n) is 5.67. The van der Waals surface area contributed by atoms with E-state index in [1.807, 2.05) is 49.3 Å². The quantitative estimate of drug-likeness (QED) is 0.636. The average Bonchev–Trinajstić information content (AvgIpc) is 2.59. The normalized spacial score (nSPS) is 11.3. The first-order chi connectivity index (χ1) is 11.2. The van der Waals surface area contributed by atoms with Crippen LogP contribution in [0.25, 0.3) is 0 Å². The van der Waals surface area contributed by atoms with E-state index >= 15 is 0 Å². The van der Waals surface area contributed by atoms with Crippen molar-refractivity contribution >= 4 is 5.96 Å². The minimum absolute atomic E-state index is 0.0927. The lowest BCUT2D eigenvalue weighted by Gasteiger charge is -2.17. The molecule has 4 heteroatoms. The van der Waals surface area contributed by atoms with Crippen LogP contribution in [0.3, 0.4) is 0 Å². The van der Waals surface area contributed by atoms with Gasteiger partial charge >= 0.3 is 0 Å². The zero-order valence-electron chi connectivity index (χ0n) is 13.9. The summed E-state index contributed by atoms with van der Waals surface area (Å²) in [5.74, 6) is 0.890. The predicted molar refractivity (Wildman–Crippen MR) is 95.3 cm³/mol. The zero-order valence-corrected chi connectivity index (χ0v) is 13.9. The van der Waals surface area contributed by atoms with Crippen LogP contribution in [0.2, 0.25) is 0 Å². The summed E-state index contributed by atoms with van der Waals surface area (Å²) in [7, 11) is 3.99.